The molecule has 3 heterocycles. The lowest BCUT2D eigenvalue weighted by Gasteiger charge is -2.32. The molecule has 0 spiro atoms. The molecular formula is C22H27N3O2. The van der Waals surface area contributed by atoms with E-state index in [0.29, 0.717) is 6.61 Å². The molecular weight excluding hydrogens is 338 g/mol. The van der Waals surface area contributed by atoms with Crippen molar-refractivity contribution in [3.63, 3.8) is 0 Å². The lowest BCUT2D eigenvalue weighted by Crippen LogP contribution is -2.34. The van der Waals surface area contributed by atoms with Crippen molar-refractivity contribution < 1.29 is 9.53 Å². The number of carbonyl (C=O) groups is 1. The zero-order valence-electron chi connectivity index (χ0n) is 15.7. The SMILES string of the molecule is O=C(OCc1ccccc1)N1CCC[C@H]1c1cccnc1N1CCCCC1. The first-order valence-corrected chi connectivity index (χ1v) is 10.00. The Hall–Kier alpha value is -2.56. The van der Waals surface area contributed by atoms with Gasteiger partial charge in [-0.15, -0.1) is 0 Å². The first kappa shape index (κ1) is 17.8. The van der Waals surface area contributed by atoms with Crippen LogP contribution in [0.15, 0.2) is 48.7 Å². The normalized spacial score (nSPS) is 19.9. The number of nitrogens with zero attached hydrogens (tertiary/aromatic N) is 3. The number of hydrogen-bond donors (Lipinski definition) is 0. The van der Waals surface area contributed by atoms with Gasteiger partial charge in [-0.3, -0.25) is 0 Å². The summed E-state index contributed by atoms with van der Waals surface area (Å²) in [5, 5.41) is 0. The van der Waals surface area contributed by atoms with Crippen LogP contribution in [0.2, 0.25) is 0 Å². The molecule has 2 fully saturated rings. The summed E-state index contributed by atoms with van der Waals surface area (Å²) < 4.78 is 5.60. The summed E-state index contributed by atoms with van der Waals surface area (Å²) in [4.78, 5) is 21.7. The largest absolute Gasteiger partial charge is 0.445 e. The van der Waals surface area contributed by atoms with Crippen LogP contribution in [0, 0.1) is 0 Å². The summed E-state index contributed by atoms with van der Waals surface area (Å²) >= 11 is 0. The maximum Gasteiger partial charge on any atom is 0.410 e. The molecule has 2 aliphatic heterocycles. The molecule has 27 heavy (non-hydrogen) atoms. The maximum atomic E-state index is 12.8. The van der Waals surface area contributed by atoms with Gasteiger partial charge in [0, 0.05) is 31.4 Å². The van der Waals surface area contributed by atoms with Crippen molar-refractivity contribution in [1.82, 2.24) is 9.88 Å². The van der Waals surface area contributed by atoms with Crippen LogP contribution < -0.4 is 4.90 Å². The summed E-state index contributed by atoms with van der Waals surface area (Å²) in [6.07, 6.45) is 7.31. The van der Waals surface area contributed by atoms with Gasteiger partial charge < -0.3 is 14.5 Å². The van der Waals surface area contributed by atoms with E-state index in [1.54, 1.807) is 0 Å². The Bertz CT molecular complexity index is 759. The monoisotopic (exact) mass is 365 g/mol. The van der Waals surface area contributed by atoms with Gasteiger partial charge in [0.05, 0.1) is 6.04 Å². The highest BCUT2D eigenvalue weighted by Crippen LogP contribution is 2.37. The van der Waals surface area contributed by atoms with Crippen LogP contribution in [0.5, 0.6) is 0 Å². The molecule has 0 bridgehead atoms. The van der Waals surface area contributed by atoms with Gasteiger partial charge in [0.2, 0.25) is 0 Å². The molecule has 0 saturated carbocycles. The highest BCUT2D eigenvalue weighted by molar-refractivity contribution is 5.69. The summed E-state index contributed by atoms with van der Waals surface area (Å²) in [6.45, 7) is 3.16. The second-order valence-corrected chi connectivity index (χ2v) is 7.36. The van der Waals surface area contributed by atoms with E-state index in [1.165, 1.54) is 19.3 Å². The van der Waals surface area contributed by atoms with Crippen LogP contribution >= 0.6 is 0 Å². The van der Waals surface area contributed by atoms with Crippen molar-refractivity contribution >= 4 is 11.9 Å². The van der Waals surface area contributed by atoms with Crippen molar-refractivity contribution in [3.05, 3.63) is 59.8 Å². The summed E-state index contributed by atoms with van der Waals surface area (Å²) in [7, 11) is 0. The van der Waals surface area contributed by atoms with E-state index < -0.39 is 0 Å². The molecule has 2 aliphatic rings. The molecule has 1 aromatic carbocycles. The molecule has 5 nitrogen and oxygen atoms in total. The van der Waals surface area contributed by atoms with Crippen LogP contribution in [0.1, 0.15) is 49.3 Å². The number of aromatic nitrogens is 1. The van der Waals surface area contributed by atoms with Crippen molar-refractivity contribution in [3.8, 4) is 0 Å². The van der Waals surface area contributed by atoms with Gasteiger partial charge >= 0.3 is 6.09 Å². The van der Waals surface area contributed by atoms with Crippen molar-refractivity contribution in [2.45, 2.75) is 44.8 Å². The number of benzene rings is 1. The number of carbonyl (C=O) groups excluding carboxylic acids is 1. The fraction of sp³-hybridized carbons (Fsp3) is 0.455. The first-order chi connectivity index (χ1) is 13.3. The van der Waals surface area contributed by atoms with Gasteiger partial charge in [0.25, 0.3) is 0 Å². The maximum absolute atomic E-state index is 12.8. The molecule has 5 heteroatoms. The Morgan fingerprint density at radius 3 is 2.63 bits per heavy atom. The van der Waals surface area contributed by atoms with Gasteiger partial charge in [-0.1, -0.05) is 36.4 Å². The highest BCUT2D eigenvalue weighted by atomic mass is 16.6. The van der Waals surface area contributed by atoms with Gasteiger partial charge in [-0.25, -0.2) is 9.78 Å². The third kappa shape index (κ3) is 4.07. The van der Waals surface area contributed by atoms with E-state index in [4.69, 9.17) is 4.74 Å². The minimum atomic E-state index is -0.227. The number of hydrogen-bond acceptors (Lipinski definition) is 4. The fourth-order valence-corrected chi connectivity index (χ4v) is 4.15. The van der Waals surface area contributed by atoms with Crippen LogP contribution in [-0.4, -0.2) is 35.6 Å². The molecule has 2 saturated heterocycles. The van der Waals surface area contributed by atoms with E-state index in [9.17, 15) is 4.79 Å². The molecule has 0 N–H and O–H groups in total. The van der Waals surface area contributed by atoms with Crippen molar-refractivity contribution in [2.24, 2.45) is 0 Å². The van der Waals surface area contributed by atoms with E-state index in [1.807, 2.05) is 47.5 Å². The number of amides is 1. The fourth-order valence-electron chi connectivity index (χ4n) is 4.15. The van der Waals surface area contributed by atoms with Gasteiger partial charge in [-0.05, 0) is 43.7 Å². The second kappa shape index (κ2) is 8.42. The van der Waals surface area contributed by atoms with E-state index in [-0.39, 0.29) is 12.1 Å². The Balaban J connectivity index is 1.49. The highest BCUT2D eigenvalue weighted by Gasteiger charge is 2.34. The first-order valence-electron chi connectivity index (χ1n) is 10.00. The number of anilines is 1. The Kier molecular flexibility index (Phi) is 5.56. The van der Waals surface area contributed by atoms with Crippen LogP contribution in [0.25, 0.3) is 0 Å². The van der Waals surface area contributed by atoms with Crippen LogP contribution in [0.4, 0.5) is 10.6 Å². The number of ether oxygens (including phenoxy) is 1. The minimum Gasteiger partial charge on any atom is -0.445 e. The minimum absolute atomic E-state index is 0.0545. The molecule has 0 aliphatic carbocycles. The molecule has 1 amide bonds. The van der Waals surface area contributed by atoms with Crippen LogP contribution in [-0.2, 0) is 11.3 Å². The topological polar surface area (TPSA) is 45.7 Å². The van der Waals surface area contributed by atoms with Crippen molar-refractivity contribution in [1.29, 1.82) is 0 Å². The third-order valence-corrected chi connectivity index (χ3v) is 5.52. The smallest absolute Gasteiger partial charge is 0.410 e. The lowest BCUT2D eigenvalue weighted by atomic mass is 10.0. The lowest BCUT2D eigenvalue weighted by molar-refractivity contribution is 0.0921. The standard InChI is InChI=1S/C22H27N3O2/c26-22(27-17-18-9-3-1-4-10-18)25-16-8-12-20(25)19-11-7-13-23-21(19)24-14-5-2-6-15-24/h1,3-4,7,9-11,13,20H,2,5-6,8,12,14-17H2/t20-/m0/s1. The van der Waals surface area contributed by atoms with E-state index in [0.717, 1.165) is 49.4 Å². The summed E-state index contributed by atoms with van der Waals surface area (Å²) in [6, 6.07) is 14.0. The molecule has 0 unspecified atom stereocenters. The number of rotatable bonds is 4. The average molecular weight is 365 g/mol. The molecule has 1 atom stereocenters. The molecule has 2 aromatic rings. The quantitative estimate of drug-likeness (QED) is 0.798. The average Bonchev–Trinajstić information content (AvgIpc) is 3.23. The zero-order chi connectivity index (χ0) is 18.5. The number of pyridine rings is 1. The molecule has 1 aromatic heterocycles. The Labute approximate surface area is 161 Å². The second-order valence-electron chi connectivity index (χ2n) is 7.36. The summed E-state index contributed by atoms with van der Waals surface area (Å²) in [5.74, 6) is 1.05. The zero-order valence-corrected chi connectivity index (χ0v) is 15.7. The predicted molar refractivity (Wildman–Crippen MR) is 106 cm³/mol. The van der Waals surface area contributed by atoms with Gasteiger partial charge in [-0.2, -0.15) is 0 Å². The number of piperidine rings is 1. The third-order valence-electron chi connectivity index (χ3n) is 5.52. The van der Waals surface area contributed by atoms with Gasteiger partial charge in [0.1, 0.15) is 12.4 Å². The van der Waals surface area contributed by atoms with Crippen LogP contribution in [0.3, 0.4) is 0 Å². The Morgan fingerprint density at radius 2 is 1.81 bits per heavy atom. The Morgan fingerprint density at radius 1 is 1.00 bits per heavy atom. The molecule has 4 rings (SSSR count). The number of likely N-dealkylation sites (tertiary alicyclic amines) is 1. The molecule has 0 radical (unpaired) electrons. The summed E-state index contributed by atoms with van der Waals surface area (Å²) in [5.41, 5.74) is 2.17. The van der Waals surface area contributed by atoms with Gasteiger partial charge in [0.15, 0.2) is 0 Å². The van der Waals surface area contributed by atoms with E-state index in [2.05, 4.69) is 16.0 Å². The molecule has 142 valence electrons. The predicted octanol–water partition coefficient (Wildman–Crippen LogP) is 4.55. The van der Waals surface area contributed by atoms with E-state index >= 15 is 0 Å². The van der Waals surface area contributed by atoms with Crippen molar-refractivity contribution in [2.75, 3.05) is 24.5 Å².